The van der Waals surface area contributed by atoms with E-state index >= 15 is 0 Å². The van der Waals surface area contributed by atoms with Gasteiger partial charge in [-0.05, 0) is 247 Å². The lowest BCUT2D eigenvalue weighted by Gasteiger charge is -2.50. The summed E-state index contributed by atoms with van der Waals surface area (Å²) in [5.41, 5.74) is -2.96. The molecule has 0 aliphatic carbocycles. The van der Waals surface area contributed by atoms with Gasteiger partial charge in [-0.2, -0.15) is 0 Å². The maximum atomic E-state index is 13.2. The minimum atomic E-state index is -0.749. The highest BCUT2D eigenvalue weighted by Crippen LogP contribution is 2.51. The molecule has 3 aromatic carbocycles. The van der Waals surface area contributed by atoms with Crippen LogP contribution < -0.4 is 46.1 Å². The third-order valence-electron chi connectivity index (χ3n) is 14.0. The Kier molecular flexibility index (Phi) is 27.1. The van der Waals surface area contributed by atoms with Crippen LogP contribution in [0.5, 0.6) is 17.2 Å². The summed E-state index contributed by atoms with van der Waals surface area (Å²) >= 11 is 0. The van der Waals surface area contributed by atoms with Crippen molar-refractivity contribution in [3.05, 3.63) is 109 Å². The summed E-state index contributed by atoms with van der Waals surface area (Å²) in [5.74, 6) is -0.0233. The third kappa shape index (κ3) is 29.0. The molecule has 0 bridgehead atoms. The van der Waals surface area contributed by atoms with Crippen LogP contribution in [0.25, 0.3) is 0 Å². The van der Waals surface area contributed by atoms with Gasteiger partial charge < -0.3 is 65.1 Å². The van der Waals surface area contributed by atoms with Crippen molar-refractivity contribution in [2.45, 2.75) is 215 Å². The van der Waals surface area contributed by atoms with Crippen LogP contribution in [-0.2, 0) is 33.3 Å². The molecule has 0 heterocycles. The molecule has 0 aliphatic rings. The van der Waals surface area contributed by atoms with E-state index in [0.29, 0.717) is 103 Å². The predicted molar refractivity (Wildman–Crippen MR) is 345 cm³/mol. The van der Waals surface area contributed by atoms with E-state index < -0.39 is 62.7 Å². The van der Waals surface area contributed by atoms with Gasteiger partial charge in [-0.15, -0.1) is 0 Å². The maximum absolute atomic E-state index is 13.2. The van der Waals surface area contributed by atoms with E-state index in [1.165, 1.54) is 0 Å². The number of benzene rings is 3. The van der Waals surface area contributed by atoms with Gasteiger partial charge in [0.1, 0.15) is 17.2 Å². The Morgan fingerprint density at radius 1 is 0.368 bits per heavy atom. The van der Waals surface area contributed by atoms with Crippen LogP contribution in [0.4, 0.5) is 31.4 Å². The molecule has 0 spiro atoms. The normalized spacial score (nSPS) is 12.5. The number of anilines is 3. The summed E-state index contributed by atoms with van der Waals surface area (Å²) in [6.45, 7) is 47.4. The molecular formula is C68H102N6O13. The average molecular weight is 1210 g/mol. The molecule has 3 rings (SSSR count). The van der Waals surface area contributed by atoms with Crippen LogP contribution in [0.2, 0.25) is 0 Å². The number of amides is 6. The van der Waals surface area contributed by atoms with E-state index in [4.69, 9.17) is 33.2 Å². The van der Waals surface area contributed by atoms with E-state index in [-0.39, 0.29) is 37.5 Å². The molecule has 6 amide bonds. The van der Waals surface area contributed by atoms with Crippen molar-refractivity contribution in [1.82, 2.24) is 16.0 Å². The number of carbonyl (C=O) groups excluding carboxylic acids is 6. The van der Waals surface area contributed by atoms with Crippen LogP contribution in [-0.4, -0.2) is 101 Å². The van der Waals surface area contributed by atoms with E-state index in [0.717, 1.165) is 6.42 Å². The largest absolute Gasteiger partial charge is 0.413 e. The van der Waals surface area contributed by atoms with Gasteiger partial charge in [0.2, 0.25) is 0 Å². The molecule has 0 radical (unpaired) electrons. The van der Waals surface area contributed by atoms with E-state index in [9.17, 15) is 28.8 Å². The van der Waals surface area contributed by atoms with Crippen LogP contribution in [0.1, 0.15) is 176 Å². The minimum Gasteiger partial charge on any atom is -0.410 e. The van der Waals surface area contributed by atoms with Gasteiger partial charge in [0.25, 0.3) is 17.7 Å². The van der Waals surface area contributed by atoms with Crippen molar-refractivity contribution in [3.8, 4) is 17.2 Å². The summed E-state index contributed by atoms with van der Waals surface area (Å²) < 4.78 is 44.1. The lowest BCUT2D eigenvalue weighted by Crippen LogP contribution is -2.50. The second-order valence-corrected chi connectivity index (χ2v) is 27.4. The molecule has 87 heavy (non-hydrogen) atoms. The molecular weight excluding hydrogens is 1110 g/mol. The Morgan fingerprint density at radius 3 is 0.793 bits per heavy atom. The van der Waals surface area contributed by atoms with Crippen LogP contribution in [0.15, 0.2) is 109 Å². The van der Waals surface area contributed by atoms with Gasteiger partial charge in [0, 0.05) is 76.8 Å². The molecule has 482 valence electrons. The number of hydrogen-bond donors (Lipinski definition) is 6. The molecule has 3 aromatic rings. The Labute approximate surface area is 518 Å². The summed E-state index contributed by atoms with van der Waals surface area (Å²) in [7, 11) is 0. The zero-order valence-electron chi connectivity index (χ0n) is 55.3. The van der Waals surface area contributed by atoms with Gasteiger partial charge in [-0.25, -0.2) is 14.4 Å². The first-order valence-electron chi connectivity index (χ1n) is 29.8. The topological polar surface area (TPSA) is 239 Å². The first-order valence-corrected chi connectivity index (χ1v) is 29.8. The molecule has 0 unspecified atom stereocenters. The first kappa shape index (κ1) is 74.2. The van der Waals surface area contributed by atoms with Gasteiger partial charge >= 0.3 is 18.3 Å². The average Bonchev–Trinajstić information content (AvgIpc) is 1.07. The van der Waals surface area contributed by atoms with Crippen molar-refractivity contribution >= 4 is 53.1 Å². The molecule has 19 heteroatoms. The molecule has 0 aromatic heterocycles. The molecule has 0 aliphatic heterocycles. The fourth-order valence-corrected chi connectivity index (χ4v) is 10.3. The predicted octanol–water partition coefficient (Wildman–Crippen LogP) is 14.5. The fourth-order valence-electron chi connectivity index (χ4n) is 10.3. The maximum Gasteiger partial charge on any atom is 0.413 e. The van der Waals surface area contributed by atoms with Gasteiger partial charge in [-0.3, -0.25) is 14.4 Å². The Bertz CT molecular complexity index is 2550. The molecule has 6 N–H and O–H groups in total. The lowest BCUT2D eigenvalue weighted by atomic mass is 9.62. The summed E-state index contributed by atoms with van der Waals surface area (Å²) in [6, 6.07) is 19.4. The molecule has 19 nitrogen and oxygen atoms in total. The number of ether oxygens (including phenoxy) is 7. The van der Waals surface area contributed by atoms with Crippen LogP contribution in [0, 0.1) is 5.41 Å². The number of nitrogens with one attached hydrogen (secondary N) is 6. The Morgan fingerprint density at radius 2 is 0.586 bits per heavy atom. The van der Waals surface area contributed by atoms with Crippen LogP contribution >= 0.6 is 0 Å². The van der Waals surface area contributed by atoms with Crippen molar-refractivity contribution < 1.29 is 61.9 Å². The molecule has 0 fully saturated rings. The summed E-state index contributed by atoms with van der Waals surface area (Å²) in [5, 5.41) is 17.1. The SMILES string of the molecule is C=C(C)C(=O)Nc1ccc(OC(=O)NC(C)(C)CCOC(C)(C)CC(CC(C)(C)OCCC)(CC(C)(C)OCCC(C)(C)NC(=O)Oc2ccc(NC(=O)C(=C)C)cc2)CC(C)(C)OCCC(C)(C)NC(=O)Oc2ccc(NC(=O)C(=C)C)cc2)cc1. The van der Waals surface area contributed by atoms with Gasteiger partial charge in [0.05, 0.1) is 22.4 Å². The summed E-state index contributed by atoms with van der Waals surface area (Å²) in [4.78, 5) is 75.9. The molecule has 0 saturated heterocycles. The quantitative estimate of drug-likeness (QED) is 0.0301. The second-order valence-electron chi connectivity index (χ2n) is 27.4. The standard InChI is InChI=1S/C68H102N6O13/c1-22-38-81-64(14,15)42-68(43-65(16,17)82-39-35-61(8,9)72-58(78)85-52-29-23-49(24-30-52)69-55(75)46(2)3,44-66(18,19)83-40-36-62(10,11)73-59(79)86-53-31-25-50(26-32-53)70-56(76)47(4)5)45-67(20,21)84-41-37-63(12,13)74-60(80)87-54-33-27-51(28-34-54)71-57(77)48(6)7/h23-34H,2,4,6,22,35-45H2,1,3,5,7-21H3,(H,69,75)(H,70,76)(H,71,77)(H,72,78)(H,73,79)(H,74,80). The van der Waals surface area contributed by atoms with Crippen molar-refractivity contribution in [2.75, 3.05) is 42.4 Å². The van der Waals surface area contributed by atoms with E-state index in [1.54, 1.807) is 93.6 Å². The number of rotatable bonds is 35. The smallest absolute Gasteiger partial charge is 0.410 e. The van der Waals surface area contributed by atoms with Gasteiger partial charge in [-0.1, -0.05) is 26.7 Å². The monoisotopic (exact) mass is 1210 g/mol. The van der Waals surface area contributed by atoms with E-state index in [1.807, 2.05) is 41.5 Å². The van der Waals surface area contributed by atoms with Crippen LogP contribution in [0.3, 0.4) is 0 Å². The number of hydrogen-bond acceptors (Lipinski definition) is 13. The van der Waals surface area contributed by atoms with Crippen molar-refractivity contribution in [2.24, 2.45) is 5.41 Å². The Balaban J connectivity index is 1.87. The number of carbonyl (C=O) groups is 6. The van der Waals surface area contributed by atoms with Crippen molar-refractivity contribution in [1.29, 1.82) is 0 Å². The summed E-state index contributed by atoms with van der Waals surface area (Å²) in [6.07, 6.45) is 2.43. The zero-order valence-corrected chi connectivity index (χ0v) is 55.3. The first-order chi connectivity index (χ1) is 40.0. The van der Waals surface area contributed by atoms with Crippen molar-refractivity contribution in [3.63, 3.8) is 0 Å². The highest BCUT2D eigenvalue weighted by Gasteiger charge is 2.48. The lowest BCUT2D eigenvalue weighted by molar-refractivity contribution is -0.146. The Hall–Kier alpha value is -7.06. The second kappa shape index (κ2) is 31.7. The molecule has 0 atom stereocenters. The highest BCUT2D eigenvalue weighted by atomic mass is 16.6. The fraction of sp³-hybridized carbons (Fsp3) is 0.559. The third-order valence-corrected chi connectivity index (χ3v) is 14.0. The minimum absolute atomic E-state index is 0.288. The highest BCUT2D eigenvalue weighted by molar-refractivity contribution is 6.04. The van der Waals surface area contributed by atoms with E-state index in [2.05, 4.69) is 114 Å². The van der Waals surface area contributed by atoms with Gasteiger partial charge in [0.15, 0.2) is 0 Å². The zero-order chi connectivity index (χ0) is 65.8. The molecule has 0 saturated carbocycles.